The topological polar surface area (TPSA) is 88.4 Å². The highest BCUT2D eigenvalue weighted by Crippen LogP contribution is 2.37. The predicted octanol–water partition coefficient (Wildman–Crippen LogP) is 4.10. The molecule has 2 heterocycles. The second kappa shape index (κ2) is 8.68. The van der Waals surface area contributed by atoms with Crippen LogP contribution in [0.15, 0.2) is 42.7 Å². The molecule has 0 spiro atoms. The SMILES string of the molecule is CC(NC(=O)C1CCN(c2ccc(C(F)(F)F)cc2[N+](=O)[O-])CC1)c1ccncc1. The van der Waals surface area contributed by atoms with Gasteiger partial charge in [0, 0.05) is 37.5 Å². The Hall–Kier alpha value is -3.17. The number of halogens is 3. The van der Waals surface area contributed by atoms with Gasteiger partial charge in [-0.05, 0) is 49.6 Å². The first-order valence-corrected chi connectivity index (χ1v) is 9.47. The first kappa shape index (κ1) is 21.5. The van der Waals surface area contributed by atoms with Gasteiger partial charge >= 0.3 is 6.18 Å². The van der Waals surface area contributed by atoms with E-state index in [1.54, 1.807) is 17.3 Å². The van der Waals surface area contributed by atoms with Gasteiger partial charge in [0.15, 0.2) is 0 Å². The number of piperidine rings is 1. The van der Waals surface area contributed by atoms with E-state index < -0.39 is 22.4 Å². The van der Waals surface area contributed by atoms with E-state index in [4.69, 9.17) is 0 Å². The van der Waals surface area contributed by atoms with Crippen molar-refractivity contribution in [2.75, 3.05) is 18.0 Å². The number of carbonyl (C=O) groups excluding carboxylic acids is 1. The Morgan fingerprint density at radius 2 is 1.87 bits per heavy atom. The van der Waals surface area contributed by atoms with Crippen molar-refractivity contribution in [2.45, 2.75) is 32.0 Å². The van der Waals surface area contributed by atoms with E-state index in [-0.39, 0.29) is 23.6 Å². The van der Waals surface area contributed by atoms with Crippen LogP contribution < -0.4 is 10.2 Å². The Morgan fingerprint density at radius 3 is 2.43 bits per heavy atom. The summed E-state index contributed by atoms with van der Waals surface area (Å²) in [5.41, 5.74) is -0.579. The normalized spacial score (nSPS) is 16.2. The van der Waals surface area contributed by atoms with Gasteiger partial charge in [0.25, 0.3) is 5.69 Å². The number of carbonyl (C=O) groups is 1. The van der Waals surface area contributed by atoms with Crippen LogP contribution in [-0.4, -0.2) is 28.9 Å². The van der Waals surface area contributed by atoms with Crippen molar-refractivity contribution in [1.29, 1.82) is 0 Å². The highest BCUT2D eigenvalue weighted by molar-refractivity contribution is 5.79. The number of nitrogens with zero attached hydrogens (tertiary/aromatic N) is 3. The molecule has 1 fully saturated rings. The summed E-state index contributed by atoms with van der Waals surface area (Å²) in [5, 5.41) is 14.3. The summed E-state index contributed by atoms with van der Waals surface area (Å²) >= 11 is 0. The standard InChI is InChI=1S/C20H21F3N4O3/c1-13(14-4-8-24-9-5-14)25-19(28)15-6-10-26(11-7-15)17-3-2-16(20(21,22)23)12-18(17)27(29)30/h2-5,8-9,12-13,15H,6-7,10-11H2,1H3,(H,25,28). The number of nitrogens with one attached hydrogen (secondary N) is 1. The van der Waals surface area contributed by atoms with Crippen LogP contribution >= 0.6 is 0 Å². The highest BCUT2D eigenvalue weighted by atomic mass is 19.4. The number of rotatable bonds is 5. The Kier molecular flexibility index (Phi) is 6.23. The number of pyridine rings is 1. The van der Waals surface area contributed by atoms with Crippen molar-refractivity contribution in [3.05, 3.63) is 64.0 Å². The van der Waals surface area contributed by atoms with Gasteiger partial charge in [-0.15, -0.1) is 0 Å². The summed E-state index contributed by atoms with van der Waals surface area (Å²) in [5.74, 6) is -0.375. The van der Waals surface area contributed by atoms with Gasteiger partial charge in [0.05, 0.1) is 16.5 Å². The average molecular weight is 422 g/mol. The quantitative estimate of drug-likeness (QED) is 0.579. The maximum atomic E-state index is 12.9. The molecule has 1 aromatic carbocycles. The Labute approximate surface area is 171 Å². The molecule has 2 aromatic rings. The van der Waals surface area contributed by atoms with Crippen LogP contribution in [0.3, 0.4) is 0 Å². The lowest BCUT2D eigenvalue weighted by Crippen LogP contribution is -2.41. The molecule has 0 saturated carbocycles. The molecule has 1 unspecified atom stereocenters. The highest BCUT2D eigenvalue weighted by Gasteiger charge is 2.35. The van der Waals surface area contributed by atoms with E-state index >= 15 is 0 Å². The summed E-state index contributed by atoms with van der Waals surface area (Å²) in [7, 11) is 0. The minimum Gasteiger partial charge on any atom is -0.366 e. The Balaban J connectivity index is 1.65. The van der Waals surface area contributed by atoms with Gasteiger partial charge in [-0.2, -0.15) is 13.2 Å². The minimum absolute atomic E-state index is 0.110. The first-order valence-electron chi connectivity index (χ1n) is 9.47. The molecule has 0 aliphatic carbocycles. The Bertz CT molecular complexity index is 913. The van der Waals surface area contributed by atoms with Gasteiger partial charge in [0.2, 0.25) is 5.91 Å². The van der Waals surface area contributed by atoms with E-state index in [1.807, 2.05) is 19.1 Å². The maximum absolute atomic E-state index is 12.9. The molecule has 7 nitrogen and oxygen atoms in total. The zero-order valence-electron chi connectivity index (χ0n) is 16.2. The van der Waals surface area contributed by atoms with Crippen molar-refractivity contribution < 1.29 is 22.9 Å². The lowest BCUT2D eigenvalue weighted by Gasteiger charge is -2.33. The molecule has 1 aliphatic rings. The minimum atomic E-state index is -4.65. The van der Waals surface area contributed by atoms with Crippen LogP contribution in [0.25, 0.3) is 0 Å². The van der Waals surface area contributed by atoms with E-state index in [0.717, 1.165) is 17.7 Å². The number of benzene rings is 1. The second-order valence-corrected chi connectivity index (χ2v) is 7.23. The number of amides is 1. The zero-order chi connectivity index (χ0) is 21.9. The molecule has 1 aromatic heterocycles. The predicted molar refractivity (Wildman–Crippen MR) is 104 cm³/mol. The molecule has 160 valence electrons. The molecular weight excluding hydrogens is 401 g/mol. The fourth-order valence-corrected chi connectivity index (χ4v) is 3.56. The summed E-state index contributed by atoms with van der Waals surface area (Å²) in [6.45, 7) is 2.55. The monoisotopic (exact) mass is 422 g/mol. The van der Waals surface area contributed by atoms with Crippen molar-refractivity contribution in [1.82, 2.24) is 10.3 Å². The molecule has 1 aliphatic heterocycles. The lowest BCUT2D eigenvalue weighted by atomic mass is 9.94. The maximum Gasteiger partial charge on any atom is 0.416 e. The van der Waals surface area contributed by atoms with Gasteiger partial charge in [-0.3, -0.25) is 19.9 Å². The molecule has 0 bridgehead atoms. The van der Waals surface area contributed by atoms with E-state index in [1.165, 1.54) is 0 Å². The average Bonchev–Trinajstić information content (AvgIpc) is 2.73. The van der Waals surface area contributed by atoms with Gasteiger partial charge < -0.3 is 10.2 Å². The van der Waals surface area contributed by atoms with Crippen LogP contribution in [0.2, 0.25) is 0 Å². The van der Waals surface area contributed by atoms with Crippen LogP contribution in [0.5, 0.6) is 0 Å². The lowest BCUT2D eigenvalue weighted by molar-refractivity contribution is -0.384. The molecule has 3 rings (SSSR count). The number of hydrogen-bond acceptors (Lipinski definition) is 5. The third kappa shape index (κ3) is 4.87. The van der Waals surface area contributed by atoms with Crippen molar-refractivity contribution in [3.8, 4) is 0 Å². The van der Waals surface area contributed by atoms with E-state index in [0.29, 0.717) is 32.0 Å². The number of hydrogen-bond donors (Lipinski definition) is 1. The number of nitro groups is 1. The van der Waals surface area contributed by atoms with Crippen molar-refractivity contribution in [2.24, 2.45) is 5.92 Å². The molecule has 10 heteroatoms. The fourth-order valence-electron chi connectivity index (χ4n) is 3.56. The summed E-state index contributed by atoms with van der Waals surface area (Å²) < 4.78 is 38.7. The molecule has 30 heavy (non-hydrogen) atoms. The van der Waals surface area contributed by atoms with Crippen molar-refractivity contribution in [3.63, 3.8) is 0 Å². The van der Waals surface area contributed by atoms with Gasteiger partial charge in [-0.25, -0.2) is 0 Å². The fraction of sp³-hybridized carbons (Fsp3) is 0.400. The third-order valence-electron chi connectivity index (χ3n) is 5.27. The first-order chi connectivity index (χ1) is 14.2. The molecular formula is C20H21F3N4O3. The van der Waals surface area contributed by atoms with E-state index in [9.17, 15) is 28.1 Å². The largest absolute Gasteiger partial charge is 0.416 e. The van der Waals surface area contributed by atoms with Gasteiger partial charge in [0.1, 0.15) is 5.69 Å². The number of alkyl halides is 3. The smallest absolute Gasteiger partial charge is 0.366 e. The molecule has 1 N–H and O–H groups in total. The summed E-state index contributed by atoms with van der Waals surface area (Å²) in [6, 6.07) is 5.98. The second-order valence-electron chi connectivity index (χ2n) is 7.23. The van der Waals surface area contributed by atoms with Gasteiger partial charge in [-0.1, -0.05) is 0 Å². The zero-order valence-corrected chi connectivity index (χ0v) is 16.2. The van der Waals surface area contributed by atoms with Crippen LogP contribution in [-0.2, 0) is 11.0 Å². The summed E-state index contributed by atoms with van der Waals surface area (Å²) in [4.78, 5) is 28.7. The molecule has 1 amide bonds. The molecule has 0 radical (unpaired) electrons. The molecule has 1 atom stereocenters. The third-order valence-corrected chi connectivity index (χ3v) is 5.27. The Morgan fingerprint density at radius 1 is 1.23 bits per heavy atom. The summed E-state index contributed by atoms with van der Waals surface area (Å²) in [6.07, 6.45) is -0.457. The van der Waals surface area contributed by atoms with Crippen LogP contribution in [0.1, 0.15) is 36.9 Å². The van der Waals surface area contributed by atoms with Crippen LogP contribution in [0, 0.1) is 16.0 Å². The molecule has 1 saturated heterocycles. The van der Waals surface area contributed by atoms with Crippen molar-refractivity contribution >= 4 is 17.3 Å². The van der Waals surface area contributed by atoms with E-state index in [2.05, 4.69) is 10.3 Å². The van der Waals surface area contributed by atoms with Crippen LogP contribution in [0.4, 0.5) is 24.5 Å². The number of anilines is 1. The number of nitro benzene ring substituents is 1. The number of aromatic nitrogens is 1.